The Morgan fingerprint density at radius 1 is 0.958 bits per heavy atom. The second-order valence-electron chi connectivity index (χ2n) is 5.26. The van der Waals surface area contributed by atoms with Crippen molar-refractivity contribution in [2.75, 3.05) is 26.2 Å². The summed E-state index contributed by atoms with van der Waals surface area (Å²) in [6.07, 6.45) is 0. The number of hydrogen-bond acceptors (Lipinski definition) is 6. The number of benzene rings is 2. The van der Waals surface area contributed by atoms with E-state index >= 15 is 0 Å². The molecule has 0 aliphatic heterocycles. The van der Waals surface area contributed by atoms with Crippen molar-refractivity contribution < 1.29 is 13.9 Å². The van der Waals surface area contributed by atoms with Crippen LogP contribution >= 0.6 is 0 Å². The van der Waals surface area contributed by atoms with E-state index in [1.165, 1.54) is 0 Å². The van der Waals surface area contributed by atoms with Crippen molar-refractivity contribution in [2.24, 2.45) is 0 Å². The minimum Gasteiger partial charge on any atom is -0.493 e. The van der Waals surface area contributed by atoms with Gasteiger partial charge in [-0.05, 0) is 30.3 Å². The summed E-state index contributed by atoms with van der Waals surface area (Å²) in [6.45, 7) is 0.532. The number of nitrogens with zero attached hydrogens (tertiary/aromatic N) is 3. The lowest BCUT2D eigenvalue weighted by Gasteiger charge is -2.16. The normalized spacial score (nSPS) is 10.5. The molecule has 0 fully saturated rings. The molecule has 0 aliphatic rings. The Morgan fingerprint density at radius 2 is 1.71 bits per heavy atom. The van der Waals surface area contributed by atoms with E-state index in [1.54, 1.807) is 14.2 Å². The Labute approximate surface area is 140 Å². The van der Waals surface area contributed by atoms with Crippen LogP contribution in [0.3, 0.4) is 0 Å². The summed E-state index contributed by atoms with van der Waals surface area (Å²) in [4.78, 5) is 2.05. The van der Waals surface area contributed by atoms with E-state index in [1.807, 2.05) is 60.5 Å². The lowest BCUT2D eigenvalue weighted by atomic mass is 10.2. The summed E-state index contributed by atoms with van der Waals surface area (Å²) in [6, 6.07) is 15.5. The maximum absolute atomic E-state index is 5.77. The van der Waals surface area contributed by atoms with Crippen LogP contribution < -0.4 is 14.4 Å². The molecule has 0 N–H and O–H groups in total. The molecule has 124 valence electrons. The SMILES string of the molecule is COc1ccc(-c2nnc(CN(C)c3ccccc3)o2)cc1OC. The van der Waals surface area contributed by atoms with Gasteiger partial charge >= 0.3 is 0 Å². The maximum atomic E-state index is 5.77. The predicted octanol–water partition coefficient (Wildman–Crippen LogP) is 3.39. The third kappa shape index (κ3) is 3.32. The van der Waals surface area contributed by atoms with E-state index in [2.05, 4.69) is 10.2 Å². The number of para-hydroxylation sites is 1. The topological polar surface area (TPSA) is 60.6 Å². The molecular weight excluding hydrogens is 306 g/mol. The van der Waals surface area contributed by atoms with E-state index in [9.17, 15) is 0 Å². The molecule has 3 aromatic rings. The minimum atomic E-state index is 0.451. The Hall–Kier alpha value is -3.02. The number of aromatic nitrogens is 2. The zero-order valence-corrected chi connectivity index (χ0v) is 13.9. The molecule has 1 heterocycles. The molecule has 3 rings (SSSR count). The zero-order chi connectivity index (χ0) is 16.9. The fraction of sp³-hybridized carbons (Fsp3) is 0.222. The van der Waals surface area contributed by atoms with Gasteiger partial charge in [0.25, 0.3) is 0 Å². The van der Waals surface area contributed by atoms with Crippen LogP contribution in [0.4, 0.5) is 5.69 Å². The molecule has 0 spiro atoms. The van der Waals surface area contributed by atoms with E-state index in [0.717, 1.165) is 11.3 Å². The molecule has 0 saturated heterocycles. The lowest BCUT2D eigenvalue weighted by molar-refractivity contribution is 0.355. The lowest BCUT2D eigenvalue weighted by Crippen LogP contribution is -2.16. The standard InChI is InChI=1S/C18H19N3O3/c1-21(14-7-5-4-6-8-14)12-17-19-20-18(24-17)13-9-10-15(22-2)16(11-13)23-3/h4-11H,12H2,1-3H3. The van der Waals surface area contributed by atoms with E-state index in [4.69, 9.17) is 13.9 Å². The molecule has 1 aromatic heterocycles. The third-order valence-corrected chi connectivity index (χ3v) is 3.67. The van der Waals surface area contributed by atoms with Crippen molar-refractivity contribution >= 4 is 5.69 Å². The fourth-order valence-electron chi connectivity index (χ4n) is 2.38. The van der Waals surface area contributed by atoms with Gasteiger partial charge in [0.05, 0.1) is 20.8 Å². The minimum absolute atomic E-state index is 0.451. The molecule has 0 atom stereocenters. The number of rotatable bonds is 6. The first-order chi connectivity index (χ1) is 11.7. The van der Waals surface area contributed by atoms with Gasteiger partial charge in [0, 0.05) is 18.3 Å². The molecule has 0 amide bonds. The van der Waals surface area contributed by atoms with Crippen molar-refractivity contribution in [3.05, 3.63) is 54.4 Å². The van der Waals surface area contributed by atoms with Gasteiger partial charge in [-0.25, -0.2) is 0 Å². The van der Waals surface area contributed by atoms with Crippen molar-refractivity contribution in [1.82, 2.24) is 10.2 Å². The summed E-state index contributed by atoms with van der Waals surface area (Å²) in [5.74, 6) is 2.28. The first-order valence-corrected chi connectivity index (χ1v) is 7.52. The van der Waals surface area contributed by atoms with Gasteiger partial charge in [0.2, 0.25) is 11.8 Å². The van der Waals surface area contributed by atoms with Crippen molar-refractivity contribution in [1.29, 1.82) is 0 Å². The smallest absolute Gasteiger partial charge is 0.247 e. The molecule has 24 heavy (non-hydrogen) atoms. The highest BCUT2D eigenvalue weighted by molar-refractivity contribution is 5.59. The summed E-state index contributed by atoms with van der Waals surface area (Å²) in [5.41, 5.74) is 1.87. The molecule has 0 saturated carbocycles. The van der Waals surface area contributed by atoms with Gasteiger partial charge in [-0.3, -0.25) is 0 Å². The molecule has 6 heteroatoms. The first-order valence-electron chi connectivity index (χ1n) is 7.52. The maximum Gasteiger partial charge on any atom is 0.247 e. The van der Waals surface area contributed by atoms with E-state index in [0.29, 0.717) is 29.8 Å². The molecule has 0 bridgehead atoms. The zero-order valence-electron chi connectivity index (χ0n) is 13.9. The third-order valence-electron chi connectivity index (χ3n) is 3.67. The Kier molecular flexibility index (Phi) is 4.65. The van der Waals surface area contributed by atoms with Crippen LogP contribution in [-0.2, 0) is 6.54 Å². The largest absolute Gasteiger partial charge is 0.493 e. The highest BCUT2D eigenvalue weighted by Gasteiger charge is 2.13. The number of hydrogen-bond donors (Lipinski definition) is 0. The van der Waals surface area contributed by atoms with Crippen molar-refractivity contribution in [3.8, 4) is 23.0 Å². The van der Waals surface area contributed by atoms with Gasteiger partial charge in [-0.2, -0.15) is 0 Å². The highest BCUT2D eigenvalue weighted by atomic mass is 16.5. The Balaban J connectivity index is 1.78. The van der Waals surface area contributed by atoms with E-state index < -0.39 is 0 Å². The van der Waals surface area contributed by atoms with E-state index in [-0.39, 0.29) is 0 Å². The molecule has 0 radical (unpaired) electrons. The van der Waals surface area contributed by atoms with Crippen LogP contribution in [0.15, 0.2) is 52.9 Å². The van der Waals surface area contributed by atoms with Crippen LogP contribution in [0.5, 0.6) is 11.5 Å². The van der Waals surface area contributed by atoms with Crippen molar-refractivity contribution in [2.45, 2.75) is 6.54 Å². The monoisotopic (exact) mass is 325 g/mol. The molecule has 2 aromatic carbocycles. The molecule has 0 aliphatic carbocycles. The first kappa shape index (κ1) is 15.9. The van der Waals surface area contributed by atoms with Crippen LogP contribution in [0, 0.1) is 0 Å². The van der Waals surface area contributed by atoms with Crippen molar-refractivity contribution in [3.63, 3.8) is 0 Å². The average Bonchev–Trinajstić information content (AvgIpc) is 3.10. The van der Waals surface area contributed by atoms with Gasteiger partial charge in [0.15, 0.2) is 11.5 Å². The van der Waals surface area contributed by atoms with Gasteiger partial charge in [0.1, 0.15) is 0 Å². The van der Waals surface area contributed by atoms with Crippen LogP contribution in [0.25, 0.3) is 11.5 Å². The summed E-state index contributed by atoms with van der Waals surface area (Å²) in [7, 11) is 5.17. The van der Waals surface area contributed by atoms with Gasteiger partial charge in [-0.1, -0.05) is 18.2 Å². The molecule has 6 nitrogen and oxygen atoms in total. The van der Waals surface area contributed by atoms with Crippen LogP contribution in [0.2, 0.25) is 0 Å². The quantitative estimate of drug-likeness (QED) is 0.692. The summed E-state index contributed by atoms with van der Waals surface area (Å²) in [5, 5.41) is 8.25. The molecule has 0 unspecified atom stereocenters. The highest BCUT2D eigenvalue weighted by Crippen LogP contribution is 2.31. The number of ether oxygens (including phenoxy) is 2. The molecular formula is C18H19N3O3. The number of anilines is 1. The Morgan fingerprint density at radius 3 is 2.42 bits per heavy atom. The number of methoxy groups -OCH3 is 2. The van der Waals surface area contributed by atoms with Gasteiger partial charge < -0.3 is 18.8 Å². The summed E-state index contributed by atoms with van der Waals surface area (Å²) >= 11 is 0. The summed E-state index contributed by atoms with van der Waals surface area (Å²) < 4.78 is 16.3. The average molecular weight is 325 g/mol. The van der Waals surface area contributed by atoms with Gasteiger partial charge in [-0.15, -0.1) is 10.2 Å². The fourth-order valence-corrected chi connectivity index (χ4v) is 2.38. The second kappa shape index (κ2) is 7.04. The second-order valence-corrected chi connectivity index (χ2v) is 5.26. The Bertz CT molecular complexity index is 802. The van der Waals surface area contributed by atoms with Crippen LogP contribution in [0.1, 0.15) is 5.89 Å². The van der Waals surface area contributed by atoms with Crippen LogP contribution in [-0.4, -0.2) is 31.5 Å². The predicted molar refractivity (Wildman–Crippen MR) is 91.4 cm³/mol.